The van der Waals surface area contributed by atoms with Gasteiger partial charge < -0.3 is 20.6 Å². The Kier molecular flexibility index (Phi) is 6.86. The minimum Gasteiger partial charge on any atom is -0.392 e. The van der Waals surface area contributed by atoms with Gasteiger partial charge in [0, 0.05) is 25.3 Å². The van der Waals surface area contributed by atoms with Crippen molar-refractivity contribution in [2.24, 2.45) is 5.92 Å². The molecule has 2 rings (SSSR count). The Hall–Kier alpha value is -1.59. The number of hydrogen-bond acceptors (Lipinski definition) is 3. The quantitative estimate of drug-likeness (QED) is 0.755. The number of urea groups is 1. The van der Waals surface area contributed by atoms with Gasteiger partial charge in [-0.1, -0.05) is 24.6 Å². The molecule has 2 atom stereocenters. The molecule has 1 aliphatic heterocycles. The highest BCUT2D eigenvalue weighted by Crippen LogP contribution is 2.16. The Bertz CT molecular complexity index is 490. The van der Waals surface area contributed by atoms with E-state index in [2.05, 4.69) is 15.5 Å². The Labute approximate surface area is 139 Å². The van der Waals surface area contributed by atoms with E-state index in [9.17, 15) is 9.90 Å². The van der Waals surface area contributed by atoms with Gasteiger partial charge in [0.2, 0.25) is 0 Å². The van der Waals surface area contributed by atoms with E-state index in [0.29, 0.717) is 12.5 Å². The van der Waals surface area contributed by atoms with Crippen LogP contribution in [-0.4, -0.2) is 48.3 Å². The Morgan fingerprint density at radius 3 is 2.83 bits per heavy atom. The summed E-state index contributed by atoms with van der Waals surface area (Å²) in [6.07, 6.45) is 2.80. The predicted molar refractivity (Wildman–Crippen MR) is 93.7 cm³/mol. The summed E-state index contributed by atoms with van der Waals surface area (Å²) in [5, 5.41) is 15.6. The lowest BCUT2D eigenvalue weighted by Gasteiger charge is -2.33. The van der Waals surface area contributed by atoms with Gasteiger partial charge in [0.15, 0.2) is 0 Å². The first-order valence-electron chi connectivity index (χ1n) is 8.58. The van der Waals surface area contributed by atoms with Crippen molar-refractivity contribution in [2.45, 2.75) is 39.2 Å². The highest BCUT2D eigenvalue weighted by molar-refractivity contribution is 5.89. The van der Waals surface area contributed by atoms with Crippen LogP contribution in [-0.2, 0) is 0 Å². The molecule has 1 fully saturated rings. The number of carbonyl (C=O) groups excluding carboxylic acids is 1. The van der Waals surface area contributed by atoms with Gasteiger partial charge in [0.1, 0.15) is 0 Å². The third-order valence-corrected chi connectivity index (χ3v) is 4.40. The fourth-order valence-corrected chi connectivity index (χ4v) is 2.96. The van der Waals surface area contributed by atoms with Crippen LogP contribution in [0.15, 0.2) is 24.3 Å². The van der Waals surface area contributed by atoms with Crippen molar-refractivity contribution in [1.29, 1.82) is 0 Å². The number of hydrogen-bond donors (Lipinski definition) is 3. The van der Waals surface area contributed by atoms with Crippen molar-refractivity contribution in [3.63, 3.8) is 0 Å². The Morgan fingerprint density at radius 2 is 2.13 bits per heavy atom. The molecule has 128 valence electrons. The van der Waals surface area contributed by atoms with Crippen LogP contribution in [0.3, 0.4) is 0 Å². The number of nitrogens with zero attached hydrogens (tertiary/aromatic N) is 1. The summed E-state index contributed by atoms with van der Waals surface area (Å²) in [5.41, 5.74) is 1.98. The van der Waals surface area contributed by atoms with Gasteiger partial charge in [-0.25, -0.2) is 4.79 Å². The minimum atomic E-state index is -0.244. The first kappa shape index (κ1) is 17.8. The monoisotopic (exact) mass is 319 g/mol. The second-order valence-corrected chi connectivity index (χ2v) is 6.53. The lowest BCUT2D eigenvalue weighted by molar-refractivity contribution is 0.0825. The van der Waals surface area contributed by atoms with Crippen LogP contribution in [0, 0.1) is 12.8 Å². The number of rotatable bonds is 6. The highest BCUT2D eigenvalue weighted by atomic mass is 16.3. The molecule has 3 N–H and O–H groups in total. The normalized spacial score (nSPS) is 20.0. The van der Waals surface area contributed by atoms with Crippen LogP contribution in [0.5, 0.6) is 0 Å². The number of aryl methyl sites for hydroxylation is 1. The maximum Gasteiger partial charge on any atom is 0.319 e. The first-order chi connectivity index (χ1) is 11.1. The highest BCUT2D eigenvalue weighted by Gasteiger charge is 2.21. The summed E-state index contributed by atoms with van der Waals surface area (Å²) >= 11 is 0. The number of β-amino-alcohol motifs (C(OH)–C–C–N with tert-alkyl or cyclic N) is 1. The zero-order valence-electron chi connectivity index (χ0n) is 14.2. The van der Waals surface area contributed by atoms with Crippen LogP contribution in [0.25, 0.3) is 0 Å². The summed E-state index contributed by atoms with van der Waals surface area (Å²) in [4.78, 5) is 14.3. The Morgan fingerprint density at radius 1 is 1.39 bits per heavy atom. The number of carbonyl (C=O) groups is 1. The zero-order valence-corrected chi connectivity index (χ0v) is 14.2. The van der Waals surface area contributed by atoms with Gasteiger partial charge in [-0.3, -0.25) is 0 Å². The lowest BCUT2D eigenvalue weighted by atomic mass is 9.97. The van der Waals surface area contributed by atoms with E-state index in [1.165, 1.54) is 5.56 Å². The van der Waals surface area contributed by atoms with Gasteiger partial charge in [0.05, 0.1) is 6.10 Å². The summed E-state index contributed by atoms with van der Waals surface area (Å²) in [6, 6.07) is 7.62. The molecule has 2 amide bonds. The van der Waals surface area contributed by atoms with Crippen molar-refractivity contribution in [2.75, 3.05) is 31.5 Å². The molecule has 1 aliphatic rings. The average Bonchev–Trinajstić information content (AvgIpc) is 2.55. The summed E-state index contributed by atoms with van der Waals surface area (Å²) < 4.78 is 0. The summed E-state index contributed by atoms with van der Waals surface area (Å²) in [6.45, 7) is 7.43. The number of aliphatic hydroxyl groups is 1. The van der Waals surface area contributed by atoms with Gasteiger partial charge in [0.25, 0.3) is 0 Å². The smallest absolute Gasteiger partial charge is 0.319 e. The number of amides is 2. The third kappa shape index (κ3) is 6.20. The number of benzene rings is 1. The standard InChI is InChI=1S/C18H29N3O2/c1-3-17(22)13-21-10-4-5-15(12-21)11-19-18(23)20-16-8-6-14(2)7-9-16/h6-9,15,17,22H,3-5,10-13H2,1-2H3,(H2,19,20,23)/t15?,17-/m1/s1. The van der Waals surface area contributed by atoms with Crippen LogP contribution in [0.2, 0.25) is 0 Å². The second-order valence-electron chi connectivity index (χ2n) is 6.53. The van der Waals surface area contributed by atoms with Gasteiger partial charge in [-0.15, -0.1) is 0 Å². The summed E-state index contributed by atoms with van der Waals surface area (Å²) in [5.74, 6) is 0.455. The fraction of sp³-hybridized carbons (Fsp3) is 0.611. The van der Waals surface area contributed by atoms with E-state index in [-0.39, 0.29) is 12.1 Å². The molecule has 1 saturated heterocycles. The van der Waals surface area contributed by atoms with Gasteiger partial charge >= 0.3 is 6.03 Å². The van der Waals surface area contributed by atoms with E-state index < -0.39 is 0 Å². The molecule has 0 bridgehead atoms. The van der Waals surface area contributed by atoms with E-state index in [1.807, 2.05) is 38.1 Å². The molecule has 0 aliphatic carbocycles. The van der Waals surface area contributed by atoms with Gasteiger partial charge in [-0.2, -0.15) is 0 Å². The number of anilines is 1. The number of piperidine rings is 1. The number of aliphatic hydroxyl groups excluding tert-OH is 1. The molecule has 1 heterocycles. The van der Waals surface area contributed by atoms with Crippen LogP contribution >= 0.6 is 0 Å². The second kappa shape index (κ2) is 8.89. The molecule has 1 unspecified atom stereocenters. The van der Waals surface area contributed by atoms with Crippen LogP contribution in [0.1, 0.15) is 31.7 Å². The largest absolute Gasteiger partial charge is 0.392 e. The van der Waals surface area contributed by atoms with Gasteiger partial charge in [-0.05, 0) is 50.8 Å². The molecule has 0 aromatic heterocycles. The van der Waals surface area contributed by atoms with Crippen LogP contribution in [0.4, 0.5) is 10.5 Å². The molecule has 5 nitrogen and oxygen atoms in total. The lowest BCUT2D eigenvalue weighted by Crippen LogP contribution is -2.44. The number of likely N-dealkylation sites (tertiary alicyclic amines) is 1. The minimum absolute atomic E-state index is 0.153. The van der Waals surface area contributed by atoms with E-state index in [0.717, 1.165) is 44.6 Å². The van der Waals surface area contributed by atoms with Crippen molar-refractivity contribution in [3.8, 4) is 0 Å². The molecular weight excluding hydrogens is 290 g/mol. The number of nitrogens with one attached hydrogen (secondary N) is 2. The first-order valence-corrected chi connectivity index (χ1v) is 8.58. The molecule has 5 heteroatoms. The molecule has 0 radical (unpaired) electrons. The molecule has 23 heavy (non-hydrogen) atoms. The molecule has 1 aromatic carbocycles. The Balaban J connectivity index is 1.72. The fourth-order valence-electron chi connectivity index (χ4n) is 2.96. The SMILES string of the molecule is CC[C@@H](O)CN1CCCC(CNC(=O)Nc2ccc(C)cc2)C1. The molecule has 0 spiro atoms. The van der Waals surface area contributed by atoms with Crippen molar-refractivity contribution >= 4 is 11.7 Å². The molecule has 1 aromatic rings. The predicted octanol–water partition coefficient (Wildman–Crippen LogP) is 2.60. The summed E-state index contributed by atoms with van der Waals surface area (Å²) in [7, 11) is 0. The molecule has 0 saturated carbocycles. The van der Waals surface area contributed by atoms with Crippen molar-refractivity contribution in [1.82, 2.24) is 10.2 Å². The zero-order chi connectivity index (χ0) is 16.7. The maximum atomic E-state index is 12.0. The van der Waals surface area contributed by atoms with E-state index in [4.69, 9.17) is 0 Å². The molecular formula is C18H29N3O2. The van der Waals surface area contributed by atoms with Crippen molar-refractivity contribution in [3.05, 3.63) is 29.8 Å². The van der Waals surface area contributed by atoms with Crippen molar-refractivity contribution < 1.29 is 9.90 Å². The van der Waals surface area contributed by atoms with E-state index >= 15 is 0 Å². The van der Waals surface area contributed by atoms with Crippen LogP contribution < -0.4 is 10.6 Å². The van der Waals surface area contributed by atoms with E-state index in [1.54, 1.807) is 0 Å². The maximum absolute atomic E-state index is 12.0. The third-order valence-electron chi connectivity index (χ3n) is 4.40. The average molecular weight is 319 g/mol. The topological polar surface area (TPSA) is 64.6 Å².